The smallest absolute Gasteiger partial charge is 0.353 e. The highest BCUT2D eigenvalue weighted by Crippen LogP contribution is 2.28. The molecular weight excluding hydrogens is 435 g/mol. The minimum Gasteiger partial charge on any atom is -0.353 e. The number of rotatable bonds is 3. The zero-order valence-corrected chi connectivity index (χ0v) is 17.2. The molecule has 3 heterocycles. The number of benzene rings is 1. The van der Waals surface area contributed by atoms with Crippen LogP contribution >= 0.6 is 0 Å². The van der Waals surface area contributed by atoms with Crippen molar-refractivity contribution in [1.29, 1.82) is 0 Å². The molecule has 0 N–H and O–H groups in total. The minimum absolute atomic E-state index is 0.0144. The minimum atomic E-state index is -4.95. The van der Waals surface area contributed by atoms with Gasteiger partial charge in [0.15, 0.2) is 0 Å². The number of nitrogens with zero attached hydrogens (tertiary/aromatic N) is 5. The van der Waals surface area contributed by atoms with Gasteiger partial charge in [-0.3, -0.25) is 9.78 Å². The number of aromatic nitrogens is 2. The van der Waals surface area contributed by atoms with E-state index in [-0.39, 0.29) is 37.5 Å². The van der Waals surface area contributed by atoms with Crippen molar-refractivity contribution in [3.63, 3.8) is 0 Å². The van der Waals surface area contributed by atoms with Crippen molar-refractivity contribution < 1.29 is 26.4 Å². The van der Waals surface area contributed by atoms with E-state index in [1.807, 2.05) is 4.90 Å². The van der Waals surface area contributed by atoms with E-state index in [1.54, 1.807) is 24.7 Å². The van der Waals surface area contributed by atoms with Crippen LogP contribution in [0.25, 0.3) is 0 Å². The van der Waals surface area contributed by atoms with E-state index in [1.165, 1.54) is 16.4 Å². The molecule has 31 heavy (non-hydrogen) atoms. The van der Waals surface area contributed by atoms with Gasteiger partial charge in [0.25, 0.3) is 0 Å². The first kappa shape index (κ1) is 21.5. The third-order valence-corrected chi connectivity index (χ3v) is 7.36. The average Bonchev–Trinajstić information content (AvgIpc) is 2.78. The summed E-state index contributed by atoms with van der Waals surface area (Å²) in [4.78, 5) is 22.5. The van der Waals surface area contributed by atoms with Crippen LogP contribution in [0.15, 0.2) is 41.7 Å². The molecule has 1 amide bonds. The molecular formula is C19H20F3N5O3S. The molecule has 0 atom stereocenters. The number of halogens is 3. The van der Waals surface area contributed by atoms with Crippen LogP contribution in [0.5, 0.6) is 0 Å². The van der Waals surface area contributed by atoms with Crippen molar-refractivity contribution in [2.75, 3.05) is 37.6 Å². The van der Waals surface area contributed by atoms with Crippen molar-refractivity contribution in [3.05, 3.63) is 47.9 Å². The molecule has 12 heteroatoms. The van der Waals surface area contributed by atoms with E-state index in [0.29, 0.717) is 29.4 Å². The molecule has 0 spiro atoms. The van der Waals surface area contributed by atoms with Gasteiger partial charge in [0.2, 0.25) is 10.0 Å². The van der Waals surface area contributed by atoms with Gasteiger partial charge in [-0.25, -0.2) is 13.4 Å². The summed E-state index contributed by atoms with van der Waals surface area (Å²) in [6.07, 6.45) is 0.0297. The highest BCUT2D eigenvalue weighted by atomic mass is 32.2. The van der Waals surface area contributed by atoms with E-state index >= 15 is 0 Å². The van der Waals surface area contributed by atoms with E-state index in [0.717, 1.165) is 5.56 Å². The van der Waals surface area contributed by atoms with E-state index in [9.17, 15) is 26.4 Å². The monoisotopic (exact) mass is 455 g/mol. The molecule has 0 bridgehead atoms. The first-order chi connectivity index (χ1) is 14.7. The molecule has 0 radical (unpaired) electrons. The summed E-state index contributed by atoms with van der Waals surface area (Å²) in [5.41, 5.74) is 1.17. The van der Waals surface area contributed by atoms with Crippen molar-refractivity contribution in [2.45, 2.75) is 24.0 Å². The maximum atomic E-state index is 13.1. The van der Waals surface area contributed by atoms with Gasteiger partial charge in [-0.05, 0) is 29.7 Å². The van der Waals surface area contributed by atoms with Gasteiger partial charge in [0.1, 0.15) is 5.82 Å². The molecule has 2 aliphatic rings. The topological polar surface area (TPSA) is 86.7 Å². The van der Waals surface area contributed by atoms with Crippen molar-refractivity contribution in [2.24, 2.45) is 0 Å². The number of anilines is 1. The van der Waals surface area contributed by atoms with Gasteiger partial charge < -0.3 is 9.80 Å². The summed E-state index contributed by atoms with van der Waals surface area (Å²) in [6, 6.07) is 4.48. The second-order valence-corrected chi connectivity index (χ2v) is 9.30. The number of carbonyl (C=O) groups is 1. The average molecular weight is 455 g/mol. The Kier molecular flexibility index (Phi) is 5.60. The van der Waals surface area contributed by atoms with Gasteiger partial charge in [-0.1, -0.05) is 6.07 Å². The zero-order valence-electron chi connectivity index (χ0n) is 16.4. The molecule has 2 aromatic rings. The molecule has 0 aliphatic carbocycles. The molecule has 4 rings (SSSR count). The molecule has 2 aliphatic heterocycles. The predicted molar refractivity (Wildman–Crippen MR) is 105 cm³/mol. The summed E-state index contributed by atoms with van der Waals surface area (Å²) in [5.74, 6) is -1.24. The van der Waals surface area contributed by atoms with Crippen molar-refractivity contribution >= 4 is 21.7 Å². The molecule has 1 saturated heterocycles. The van der Waals surface area contributed by atoms with Crippen LogP contribution in [0.4, 0.5) is 19.0 Å². The van der Waals surface area contributed by atoms with Crippen LogP contribution in [0.3, 0.4) is 0 Å². The quantitative estimate of drug-likeness (QED) is 0.696. The fourth-order valence-electron chi connectivity index (χ4n) is 3.81. The lowest BCUT2D eigenvalue weighted by molar-refractivity contribution is -0.186. The molecule has 1 aromatic carbocycles. The molecule has 1 fully saturated rings. The summed E-state index contributed by atoms with van der Waals surface area (Å²) >= 11 is 0. The van der Waals surface area contributed by atoms with Crippen LogP contribution in [0.2, 0.25) is 0 Å². The largest absolute Gasteiger partial charge is 0.471 e. The van der Waals surface area contributed by atoms with Gasteiger partial charge in [-0.15, -0.1) is 0 Å². The maximum Gasteiger partial charge on any atom is 0.471 e. The first-order valence-electron chi connectivity index (χ1n) is 9.65. The maximum absolute atomic E-state index is 13.1. The third kappa shape index (κ3) is 4.35. The number of alkyl halides is 3. The Labute approximate surface area is 177 Å². The first-order valence-corrected chi connectivity index (χ1v) is 11.1. The van der Waals surface area contributed by atoms with E-state index < -0.39 is 22.1 Å². The van der Waals surface area contributed by atoms with Gasteiger partial charge >= 0.3 is 12.1 Å². The number of hydrogen-bond acceptors (Lipinski definition) is 6. The Morgan fingerprint density at radius 2 is 1.74 bits per heavy atom. The fraction of sp³-hybridized carbons (Fsp3) is 0.421. The zero-order chi connectivity index (χ0) is 22.2. The van der Waals surface area contributed by atoms with Crippen molar-refractivity contribution in [1.82, 2.24) is 19.2 Å². The standard InChI is InChI=1S/C19H20F3N5O3S/c20-19(21,22)18(28)26-6-3-14-1-2-16(11-15(14)13-26)31(29,30)27-9-7-25(8-10-27)17-12-23-4-5-24-17/h1-2,4-5,11-12H,3,6-10,13H2. The Morgan fingerprint density at radius 3 is 2.39 bits per heavy atom. The second kappa shape index (κ2) is 8.08. The molecule has 166 valence electrons. The molecule has 0 unspecified atom stereocenters. The third-order valence-electron chi connectivity index (χ3n) is 5.47. The second-order valence-electron chi connectivity index (χ2n) is 7.36. The lowest BCUT2D eigenvalue weighted by Crippen LogP contribution is -2.49. The Morgan fingerprint density at radius 1 is 1.00 bits per heavy atom. The lowest BCUT2D eigenvalue weighted by Gasteiger charge is -2.34. The highest BCUT2D eigenvalue weighted by molar-refractivity contribution is 7.89. The number of fused-ring (bicyclic) bond motifs is 1. The van der Waals surface area contributed by atoms with Gasteiger partial charge in [-0.2, -0.15) is 17.5 Å². The van der Waals surface area contributed by atoms with Crippen LogP contribution in [-0.4, -0.2) is 72.4 Å². The lowest BCUT2D eigenvalue weighted by atomic mass is 10.00. The molecule has 0 saturated carbocycles. The van der Waals surface area contributed by atoms with Crippen LogP contribution < -0.4 is 4.90 Å². The number of piperazine rings is 1. The summed E-state index contributed by atoms with van der Waals surface area (Å²) in [6.45, 7) is 1.05. The Balaban J connectivity index is 1.49. The Bertz CT molecular complexity index is 1070. The van der Waals surface area contributed by atoms with Crippen LogP contribution in [-0.2, 0) is 27.8 Å². The van der Waals surface area contributed by atoms with Crippen LogP contribution in [0.1, 0.15) is 11.1 Å². The number of carbonyl (C=O) groups excluding carboxylic acids is 1. The number of sulfonamides is 1. The summed E-state index contributed by atoms with van der Waals surface area (Å²) in [5, 5.41) is 0. The predicted octanol–water partition coefficient (Wildman–Crippen LogP) is 1.43. The Hall–Kier alpha value is -2.73. The molecule has 1 aromatic heterocycles. The molecule has 8 nitrogen and oxygen atoms in total. The number of amides is 1. The fourth-order valence-corrected chi connectivity index (χ4v) is 5.28. The summed E-state index contributed by atoms with van der Waals surface area (Å²) in [7, 11) is -3.82. The van der Waals surface area contributed by atoms with Gasteiger partial charge in [0, 0.05) is 51.7 Å². The van der Waals surface area contributed by atoms with E-state index in [2.05, 4.69) is 9.97 Å². The highest BCUT2D eigenvalue weighted by Gasteiger charge is 2.43. The van der Waals surface area contributed by atoms with E-state index in [4.69, 9.17) is 0 Å². The van der Waals surface area contributed by atoms with Gasteiger partial charge in [0.05, 0.1) is 11.1 Å². The number of hydrogen-bond donors (Lipinski definition) is 0. The normalized spacial score (nSPS) is 18.0. The van der Waals surface area contributed by atoms with Crippen LogP contribution in [0, 0.1) is 0 Å². The SMILES string of the molecule is O=C(N1CCc2ccc(S(=O)(=O)N3CCN(c4cnccn4)CC3)cc2C1)C(F)(F)F. The summed E-state index contributed by atoms with van der Waals surface area (Å²) < 4.78 is 65.9. The van der Waals surface area contributed by atoms with Crippen molar-refractivity contribution in [3.8, 4) is 0 Å².